The molecular formula is C15H26N2S. The van der Waals surface area contributed by atoms with Crippen LogP contribution in [0.2, 0.25) is 0 Å². The maximum atomic E-state index is 3.77. The lowest BCUT2D eigenvalue weighted by molar-refractivity contribution is 0.0498. The summed E-state index contributed by atoms with van der Waals surface area (Å²) in [5.74, 6) is 0. The van der Waals surface area contributed by atoms with Gasteiger partial charge in [0.05, 0.1) is 0 Å². The van der Waals surface area contributed by atoms with E-state index in [2.05, 4.69) is 54.7 Å². The van der Waals surface area contributed by atoms with Gasteiger partial charge in [0.1, 0.15) is 0 Å². The van der Waals surface area contributed by atoms with Crippen LogP contribution in [0.25, 0.3) is 0 Å². The molecule has 102 valence electrons. The second kappa shape index (κ2) is 5.72. The average molecular weight is 266 g/mol. The van der Waals surface area contributed by atoms with E-state index >= 15 is 0 Å². The molecule has 0 bridgehead atoms. The van der Waals surface area contributed by atoms with E-state index < -0.39 is 0 Å². The number of rotatable bonds is 4. The monoisotopic (exact) mass is 266 g/mol. The minimum Gasteiger partial charge on any atom is -0.308 e. The summed E-state index contributed by atoms with van der Waals surface area (Å²) in [4.78, 5) is 2.67. The molecule has 1 aromatic heterocycles. The predicted octanol–water partition coefficient (Wildman–Crippen LogP) is 3.66. The summed E-state index contributed by atoms with van der Waals surface area (Å²) in [7, 11) is 0. The lowest BCUT2D eigenvalue weighted by atomic mass is 9.87. The lowest BCUT2D eigenvalue weighted by Gasteiger charge is -2.48. The Labute approximate surface area is 115 Å². The number of nitrogens with zero attached hydrogens (tertiary/aromatic N) is 1. The lowest BCUT2D eigenvalue weighted by Crippen LogP contribution is -2.63. The minimum atomic E-state index is 0.316. The third-order valence-electron chi connectivity index (χ3n) is 4.70. The first-order valence-corrected chi connectivity index (χ1v) is 8.09. The van der Waals surface area contributed by atoms with Crippen LogP contribution >= 0.6 is 11.3 Å². The fourth-order valence-corrected chi connectivity index (χ4v) is 3.74. The summed E-state index contributed by atoms with van der Waals surface area (Å²) in [5, 5.41) is 8.25. The van der Waals surface area contributed by atoms with E-state index in [0.29, 0.717) is 17.6 Å². The van der Waals surface area contributed by atoms with Crippen LogP contribution in [0.5, 0.6) is 0 Å². The topological polar surface area (TPSA) is 15.3 Å². The van der Waals surface area contributed by atoms with E-state index in [9.17, 15) is 0 Å². The Kier molecular flexibility index (Phi) is 4.46. The van der Waals surface area contributed by atoms with E-state index in [0.717, 1.165) is 13.1 Å². The van der Waals surface area contributed by atoms with Gasteiger partial charge in [0.2, 0.25) is 0 Å². The molecule has 0 radical (unpaired) electrons. The second-order valence-corrected chi connectivity index (χ2v) is 6.40. The van der Waals surface area contributed by atoms with Crippen LogP contribution in [0.3, 0.4) is 0 Å². The van der Waals surface area contributed by atoms with Crippen molar-refractivity contribution in [2.75, 3.05) is 13.1 Å². The van der Waals surface area contributed by atoms with Crippen molar-refractivity contribution in [2.24, 2.45) is 0 Å². The maximum Gasteiger partial charge on any atom is 0.0332 e. The van der Waals surface area contributed by atoms with Gasteiger partial charge < -0.3 is 5.32 Å². The van der Waals surface area contributed by atoms with Crippen LogP contribution in [0.15, 0.2) is 16.8 Å². The number of hydrogen-bond donors (Lipinski definition) is 1. The molecule has 2 heterocycles. The first kappa shape index (κ1) is 14.0. The zero-order chi connectivity index (χ0) is 13.2. The number of piperazine rings is 1. The molecule has 0 aromatic carbocycles. The van der Waals surface area contributed by atoms with Crippen molar-refractivity contribution in [3.05, 3.63) is 22.4 Å². The molecule has 1 aliphatic rings. The summed E-state index contributed by atoms with van der Waals surface area (Å²) in [5.41, 5.74) is 1.78. The van der Waals surface area contributed by atoms with Crippen molar-refractivity contribution >= 4 is 11.3 Å². The van der Waals surface area contributed by atoms with Crippen LogP contribution in [-0.2, 0) is 0 Å². The molecular weight excluding hydrogens is 240 g/mol. The standard InChI is InChI=1S/C15H26N2S/c1-5-15(6-2)11-17(12(3)9-16-15)13(4)14-7-8-18-10-14/h7-8,10,12-13,16H,5-6,9,11H2,1-4H3. The molecule has 0 saturated carbocycles. The van der Waals surface area contributed by atoms with E-state index in [1.54, 1.807) is 11.3 Å². The maximum absolute atomic E-state index is 3.77. The van der Waals surface area contributed by atoms with Gasteiger partial charge in [0, 0.05) is 30.7 Å². The quantitative estimate of drug-likeness (QED) is 0.894. The smallest absolute Gasteiger partial charge is 0.0332 e. The summed E-state index contributed by atoms with van der Waals surface area (Å²) in [6, 6.07) is 3.42. The fourth-order valence-electron chi connectivity index (χ4n) is 2.99. The highest BCUT2D eigenvalue weighted by atomic mass is 32.1. The Morgan fingerprint density at radius 2 is 2.22 bits per heavy atom. The third-order valence-corrected chi connectivity index (χ3v) is 5.40. The van der Waals surface area contributed by atoms with Crippen LogP contribution in [0, 0.1) is 0 Å². The molecule has 2 atom stereocenters. The van der Waals surface area contributed by atoms with E-state index in [1.165, 1.54) is 18.4 Å². The molecule has 0 aliphatic carbocycles. The van der Waals surface area contributed by atoms with Gasteiger partial charge in [-0.05, 0) is 49.1 Å². The van der Waals surface area contributed by atoms with Crippen LogP contribution in [0.1, 0.15) is 52.1 Å². The molecule has 2 rings (SSSR count). The van der Waals surface area contributed by atoms with E-state index in [4.69, 9.17) is 0 Å². The van der Waals surface area contributed by atoms with Crippen molar-refractivity contribution < 1.29 is 0 Å². The molecule has 0 amide bonds. The highest BCUT2D eigenvalue weighted by Gasteiger charge is 2.37. The van der Waals surface area contributed by atoms with E-state index in [-0.39, 0.29) is 0 Å². The van der Waals surface area contributed by atoms with Crippen molar-refractivity contribution in [3.8, 4) is 0 Å². The number of nitrogens with one attached hydrogen (secondary N) is 1. The molecule has 2 nitrogen and oxygen atoms in total. The molecule has 1 N–H and O–H groups in total. The van der Waals surface area contributed by atoms with Crippen LogP contribution in [-0.4, -0.2) is 29.6 Å². The van der Waals surface area contributed by atoms with Gasteiger partial charge in [0.25, 0.3) is 0 Å². The summed E-state index contributed by atoms with van der Waals surface area (Å²) >= 11 is 1.80. The first-order valence-electron chi connectivity index (χ1n) is 7.14. The average Bonchev–Trinajstić information content (AvgIpc) is 2.93. The van der Waals surface area contributed by atoms with Crippen LogP contribution < -0.4 is 5.32 Å². The molecule has 1 aromatic rings. The second-order valence-electron chi connectivity index (χ2n) is 5.62. The Morgan fingerprint density at radius 3 is 2.78 bits per heavy atom. The van der Waals surface area contributed by atoms with Crippen molar-refractivity contribution in [1.82, 2.24) is 10.2 Å². The molecule has 3 heteroatoms. The van der Waals surface area contributed by atoms with Gasteiger partial charge in [-0.1, -0.05) is 13.8 Å². The molecule has 0 spiro atoms. The van der Waals surface area contributed by atoms with Crippen molar-refractivity contribution in [3.63, 3.8) is 0 Å². The summed E-state index contributed by atoms with van der Waals surface area (Å²) < 4.78 is 0. The Bertz CT molecular complexity index is 357. The van der Waals surface area contributed by atoms with Crippen molar-refractivity contribution in [2.45, 2.75) is 58.2 Å². The number of hydrogen-bond acceptors (Lipinski definition) is 3. The molecule has 1 saturated heterocycles. The van der Waals surface area contributed by atoms with Gasteiger partial charge in [-0.3, -0.25) is 4.90 Å². The van der Waals surface area contributed by atoms with Gasteiger partial charge in [-0.15, -0.1) is 0 Å². The Hall–Kier alpha value is -0.380. The molecule has 1 fully saturated rings. The summed E-state index contributed by atoms with van der Waals surface area (Å²) in [6.07, 6.45) is 2.42. The third kappa shape index (κ3) is 2.63. The first-order chi connectivity index (χ1) is 8.62. The number of thiophene rings is 1. The van der Waals surface area contributed by atoms with Gasteiger partial charge in [-0.2, -0.15) is 11.3 Å². The highest BCUT2D eigenvalue weighted by molar-refractivity contribution is 7.07. The Balaban J connectivity index is 2.15. The van der Waals surface area contributed by atoms with E-state index in [1.807, 2.05) is 0 Å². The van der Waals surface area contributed by atoms with Gasteiger partial charge in [0.15, 0.2) is 0 Å². The largest absolute Gasteiger partial charge is 0.308 e. The van der Waals surface area contributed by atoms with Crippen molar-refractivity contribution in [1.29, 1.82) is 0 Å². The minimum absolute atomic E-state index is 0.316. The van der Waals surface area contributed by atoms with Crippen LogP contribution in [0.4, 0.5) is 0 Å². The zero-order valence-electron chi connectivity index (χ0n) is 12.1. The van der Waals surface area contributed by atoms with Gasteiger partial charge >= 0.3 is 0 Å². The molecule has 2 unspecified atom stereocenters. The van der Waals surface area contributed by atoms with Gasteiger partial charge in [-0.25, -0.2) is 0 Å². The predicted molar refractivity (Wildman–Crippen MR) is 80.2 cm³/mol. The zero-order valence-corrected chi connectivity index (χ0v) is 12.9. The highest BCUT2D eigenvalue weighted by Crippen LogP contribution is 2.30. The normalized spacial score (nSPS) is 26.1. The Morgan fingerprint density at radius 1 is 1.50 bits per heavy atom. The molecule has 18 heavy (non-hydrogen) atoms. The fraction of sp³-hybridized carbons (Fsp3) is 0.733. The SMILES string of the molecule is CCC1(CC)CN(C(C)c2ccsc2)C(C)CN1. The summed E-state index contributed by atoms with van der Waals surface area (Å²) in [6.45, 7) is 11.6. The molecule has 1 aliphatic heterocycles.